The first-order valence-corrected chi connectivity index (χ1v) is 12.1. The number of piperazine rings is 1. The standard InChI is InChI=1S/C22H24F2N4OS2/c1-2-30-17-5-3-15(4-6-17)21(29)25-7-8-27-9-11-28(12-10-27)22-26-20-18(24)13-16(23)14-19(20)31-22/h3-6,13-14H,2,7-12H2,1H3,(H,25,29). The molecule has 0 atom stereocenters. The predicted octanol–water partition coefficient (Wildman–Crippen LogP) is 4.24. The number of carbonyl (C=O) groups is 1. The summed E-state index contributed by atoms with van der Waals surface area (Å²) in [6.07, 6.45) is 0. The van der Waals surface area contributed by atoms with Gasteiger partial charge in [-0.2, -0.15) is 0 Å². The number of thiazole rings is 1. The molecule has 1 N–H and O–H groups in total. The summed E-state index contributed by atoms with van der Waals surface area (Å²) in [6, 6.07) is 9.87. The van der Waals surface area contributed by atoms with E-state index in [2.05, 4.69) is 27.0 Å². The fraction of sp³-hybridized carbons (Fsp3) is 0.364. The SMILES string of the molecule is CCSc1ccc(C(=O)NCCN2CCN(c3nc4c(F)cc(F)cc4s3)CC2)cc1. The number of anilines is 1. The molecule has 2 heterocycles. The van der Waals surface area contributed by atoms with Crippen molar-refractivity contribution in [2.75, 3.05) is 49.9 Å². The van der Waals surface area contributed by atoms with Gasteiger partial charge in [0.2, 0.25) is 0 Å². The van der Waals surface area contributed by atoms with Gasteiger partial charge >= 0.3 is 0 Å². The first-order chi connectivity index (χ1) is 15.0. The summed E-state index contributed by atoms with van der Waals surface area (Å²) >= 11 is 3.07. The van der Waals surface area contributed by atoms with Gasteiger partial charge in [-0.1, -0.05) is 18.3 Å². The minimum atomic E-state index is -0.620. The third-order valence-corrected chi connectivity index (χ3v) is 7.14. The number of amides is 1. The topological polar surface area (TPSA) is 48.5 Å². The van der Waals surface area contributed by atoms with E-state index in [1.165, 1.54) is 17.4 Å². The summed E-state index contributed by atoms with van der Waals surface area (Å²) < 4.78 is 27.9. The Morgan fingerprint density at radius 3 is 2.61 bits per heavy atom. The largest absolute Gasteiger partial charge is 0.351 e. The summed E-state index contributed by atoms with van der Waals surface area (Å²) in [7, 11) is 0. The Labute approximate surface area is 188 Å². The van der Waals surface area contributed by atoms with Crippen molar-refractivity contribution in [2.24, 2.45) is 0 Å². The molecule has 1 aromatic heterocycles. The Balaban J connectivity index is 1.24. The smallest absolute Gasteiger partial charge is 0.251 e. The molecule has 1 fully saturated rings. The lowest BCUT2D eigenvalue weighted by Gasteiger charge is -2.34. The minimum Gasteiger partial charge on any atom is -0.351 e. The van der Waals surface area contributed by atoms with Crippen molar-refractivity contribution in [3.63, 3.8) is 0 Å². The molecule has 1 saturated heterocycles. The van der Waals surface area contributed by atoms with E-state index in [1.54, 1.807) is 11.8 Å². The van der Waals surface area contributed by atoms with Crippen LogP contribution in [0.3, 0.4) is 0 Å². The number of halogens is 2. The van der Waals surface area contributed by atoms with Crippen LogP contribution in [-0.2, 0) is 0 Å². The zero-order valence-electron chi connectivity index (χ0n) is 17.2. The summed E-state index contributed by atoms with van der Waals surface area (Å²) in [5, 5.41) is 3.70. The van der Waals surface area contributed by atoms with Gasteiger partial charge in [0.05, 0.1) is 4.70 Å². The number of carbonyl (C=O) groups excluding carboxylic acids is 1. The average molecular weight is 463 g/mol. The lowest BCUT2D eigenvalue weighted by Crippen LogP contribution is -2.48. The molecule has 5 nitrogen and oxygen atoms in total. The number of thioether (sulfide) groups is 1. The molecule has 0 bridgehead atoms. The van der Waals surface area contributed by atoms with Gasteiger partial charge in [0.1, 0.15) is 11.3 Å². The number of fused-ring (bicyclic) bond motifs is 1. The van der Waals surface area contributed by atoms with Crippen LogP contribution in [0.5, 0.6) is 0 Å². The van der Waals surface area contributed by atoms with Gasteiger partial charge in [-0.15, -0.1) is 11.8 Å². The maximum atomic E-state index is 13.9. The number of benzene rings is 2. The molecular weight excluding hydrogens is 438 g/mol. The molecule has 31 heavy (non-hydrogen) atoms. The molecule has 0 spiro atoms. The van der Waals surface area contributed by atoms with E-state index >= 15 is 0 Å². The van der Waals surface area contributed by atoms with Gasteiger partial charge in [0.15, 0.2) is 10.9 Å². The van der Waals surface area contributed by atoms with Crippen molar-refractivity contribution in [3.8, 4) is 0 Å². The maximum absolute atomic E-state index is 13.9. The molecular formula is C22H24F2N4OS2. The van der Waals surface area contributed by atoms with E-state index in [-0.39, 0.29) is 11.4 Å². The zero-order valence-corrected chi connectivity index (χ0v) is 18.9. The average Bonchev–Trinajstić information content (AvgIpc) is 3.19. The fourth-order valence-corrected chi connectivity index (χ4v) is 5.26. The highest BCUT2D eigenvalue weighted by molar-refractivity contribution is 7.99. The Hall–Kier alpha value is -2.23. The second kappa shape index (κ2) is 9.93. The molecule has 4 rings (SSSR count). The van der Waals surface area contributed by atoms with Gasteiger partial charge in [0.25, 0.3) is 5.91 Å². The monoisotopic (exact) mass is 462 g/mol. The number of hydrogen-bond acceptors (Lipinski definition) is 6. The molecule has 3 aromatic rings. The van der Waals surface area contributed by atoms with Crippen LogP contribution in [0.2, 0.25) is 0 Å². The van der Waals surface area contributed by atoms with Crippen LogP contribution in [0.15, 0.2) is 41.3 Å². The van der Waals surface area contributed by atoms with Crippen LogP contribution in [0.1, 0.15) is 17.3 Å². The lowest BCUT2D eigenvalue weighted by molar-refractivity contribution is 0.0947. The Kier molecular flexibility index (Phi) is 7.04. The molecule has 0 unspecified atom stereocenters. The molecule has 9 heteroatoms. The van der Waals surface area contributed by atoms with Crippen molar-refractivity contribution >= 4 is 44.4 Å². The minimum absolute atomic E-state index is 0.0598. The number of nitrogens with one attached hydrogen (secondary N) is 1. The number of rotatable bonds is 7. The van der Waals surface area contributed by atoms with E-state index in [9.17, 15) is 13.6 Å². The second-order valence-electron chi connectivity index (χ2n) is 7.27. The van der Waals surface area contributed by atoms with Crippen molar-refractivity contribution in [1.82, 2.24) is 15.2 Å². The number of hydrogen-bond donors (Lipinski definition) is 1. The summed E-state index contributed by atoms with van der Waals surface area (Å²) in [5.74, 6) is -0.253. The van der Waals surface area contributed by atoms with Crippen LogP contribution in [0.4, 0.5) is 13.9 Å². The van der Waals surface area contributed by atoms with Crippen LogP contribution in [-0.4, -0.2) is 60.8 Å². The highest BCUT2D eigenvalue weighted by Gasteiger charge is 2.21. The summed E-state index contributed by atoms with van der Waals surface area (Å²) in [4.78, 5) is 22.2. The lowest BCUT2D eigenvalue weighted by atomic mass is 10.2. The van der Waals surface area contributed by atoms with E-state index in [1.807, 2.05) is 24.3 Å². The summed E-state index contributed by atoms with van der Waals surface area (Å²) in [6.45, 7) is 6.62. The van der Waals surface area contributed by atoms with Crippen LogP contribution in [0, 0.1) is 11.6 Å². The van der Waals surface area contributed by atoms with Crippen molar-refractivity contribution in [1.29, 1.82) is 0 Å². The van der Waals surface area contributed by atoms with Crippen molar-refractivity contribution in [3.05, 3.63) is 53.6 Å². The highest BCUT2D eigenvalue weighted by Crippen LogP contribution is 2.31. The van der Waals surface area contributed by atoms with Crippen LogP contribution >= 0.6 is 23.1 Å². The normalized spacial score (nSPS) is 14.9. The van der Waals surface area contributed by atoms with Gasteiger partial charge in [-0.25, -0.2) is 13.8 Å². The van der Waals surface area contributed by atoms with Crippen molar-refractivity contribution in [2.45, 2.75) is 11.8 Å². The van der Waals surface area contributed by atoms with Gasteiger partial charge in [-0.3, -0.25) is 9.69 Å². The predicted molar refractivity (Wildman–Crippen MR) is 123 cm³/mol. The molecule has 1 aliphatic rings. The van der Waals surface area contributed by atoms with E-state index in [0.717, 1.165) is 54.6 Å². The Bertz CT molecular complexity index is 1050. The van der Waals surface area contributed by atoms with E-state index < -0.39 is 11.6 Å². The molecule has 164 valence electrons. The van der Waals surface area contributed by atoms with Gasteiger partial charge in [0, 0.05) is 55.8 Å². The van der Waals surface area contributed by atoms with Gasteiger partial charge < -0.3 is 10.2 Å². The maximum Gasteiger partial charge on any atom is 0.251 e. The first-order valence-electron chi connectivity index (χ1n) is 10.3. The first kappa shape index (κ1) is 22.0. The molecule has 0 aliphatic carbocycles. The van der Waals surface area contributed by atoms with E-state index in [4.69, 9.17) is 0 Å². The molecule has 0 radical (unpaired) electrons. The zero-order chi connectivity index (χ0) is 21.8. The molecule has 0 saturated carbocycles. The third kappa shape index (κ3) is 5.34. The van der Waals surface area contributed by atoms with Crippen LogP contribution in [0.25, 0.3) is 10.2 Å². The highest BCUT2D eigenvalue weighted by atomic mass is 32.2. The molecule has 1 aliphatic heterocycles. The van der Waals surface area contributed by atoms with Gasteiger partial charge in [-0.05, 0) is 36.1 Å². The Morgan fingerprint density at radius 2 is 1.90 bits per heavy atom. The van der Waals surface area contributed by atoms with Crippen LogP contribution < -0.4 is 10.2 Å². The second-order valence-corrected chi connectivity index (χ2v) is 9.62. The quantitative estimate of drug-likeness (QED) is 0.533. The number of nitrogens with zero attached hydrogens (tertiary/aromatic N) is 3. The number of aromatic nitrogens is 1. The third-order valence-electron chi connectivity index (χ3n) is 5.19. The Morgan fingerprint density at radius 1 is 1.16 bits per heavy atom. The van der Waals surface area contributed by atoms with E-state index in [0.29, 0.717) is 16.8 Å². The van der Waals surface area contributed by atoms with Crippen molar-refractivity contribution < 1.29 is 13.6 Å². The molecule has 2 aromatic carbocycles. The fourth-order valence-electron chi connectivity index (χ4n) is 3.54. The summed E-state index contributed by atoms with van der Waals surface area (Å²) in [5.41, 5.74) is 0.901. The molecule has 1 amide bonds.